The fourth-order valence-electron chi connectivity index (χ4n) is 1.56. The summed E-state index contributed by atoms with van der Waals surface area (Å²) < 4.78 is 0. The van der Waals surface area contributed by atoms with Gasteiger partial charge in [0.05, 0.1) is 24.7 Å². The fraction of sp³-hybridized carbons (Fsp3) is 0.385. The highest BCUT2D eigenvalue weighted by Gasteiger charge is 2.11. The van der Waals surface area contributed by atoms with Crippen LogP contribution >= 0.6 is 0 Å². The molecule has 4 heteroatoms. The molecule has 1 amide bonds. The topological polar surface area (TPSA) is 64.3 Å². The summed E-state index contributed by atoms with van der Waals surface area (Å²) in [7, 11) is 0. The molecule has 1 aromatic carbocycles. The summed E-state index contributed by atoms with van der Waals surface area (Å²) in [6.45, 7) is 2.82. The van der Waals surface area contributed by atoms with Crippen molar-refractivity contribution in [3.8, 4) is 6.07 Å². The lowest BCUT2D eigenvalue weighted by molar-refractivity contribution is -0.130. The van der Waals surface area contributed by atoms with E-state index in [1.165, 1.54) is 0 Å². The van der Waals surface area contributed by atoms with E-state index in [0.29, 0.717) is 25.1 Å². The van der Waals surface area contributed by atoms with Crippen LogP contribution in [0.4, 0.5) is 0 Å². The zero-order chi connectivity index (χ0) is 12.7. The second-order valence-electron chi connectivity index (χ2n) is 3.68. The fourth-order valence-corrected chi connectivity index (χ4v) is 1.56. The van der Waals surface area contributed by atoms with Crippen LogP contribution in [0.25, 0.3) is 0 Å². The summed E-state index contributed by atoms with van der Waals surface area (Å²) >= 11 is 0. The minimum absolute atomic E-state index is 0.00809. The van der Waals surface area contributed by atoms with Crippen LogP contribution < -0.4 is 0 Å². The van der Waals surface area contributed by atoms with Gasteiger partial charge in [0.25, 0.3) is 0 Å². The number of likely N-dealkylation sites (N-methyl/N-ethyl adjacent to an activating group) is 1. The summed E-state index contributed by atoms with van der Waals surface area (Å²) in [6, 6.07) is 8.99. The first-order valence-corrected chi connectivity index (χ1v) is 5.59. The Balaban J connectivity index is 2.63. The van der Waals surface area contributed by atoms with Crippen LogP contribution in [0.15, 0.2) is 24.3 Å². The molecule has 90 valence electrons. The zero-order valence-electron chi connectivity index (χ0n) is 9.89. The summed E-state index contributed by atoms with van der Waals surface area (Å²) in [5.74, 6) is -0.00809. The SMILES string of the molecule is CCN(CCO)C(=O)Cc1ccc(C#N)cc1. The van der Waals surface area contributed by atoms with E-state index in [4.69, 9.17) is 10.4 Å². The van der Waals surface area contributed by atoms with Gasteiger partial charge in [-0.05, 0) is 24.6 Å². The maximum atomic E-state index is 11.8. The van der Waals surface area contributed by atoms with E-state index in [1.807, 2.05) is 13.0 Å². The largest absolute Gasteiger partial charge is 0.395 e. The smallest absolute Gasteiger partial charge is 0.227 e. The molecule has 0 radical (unpaired) electrons. The lowest BCUT2D eigenvalue weighted by Crippen LogP contribution is -2.34. The predicted octanol–water partition coefficient (Wildman–Crippen LogP) is 0.942. The van der Waals surface area contributed by atoms with Crippen molar-refractivity contribution in [3.05, 3.63) is 35.4 Å². The molecule has 0 heterocycles. The lowest BCUT2D eigenvalue weighted by Gasteiger charge is -2.19. The number of nitrogens with zero attached hydrogens (tertiary/aromatic N) is 2. The number of rotatable bonds is 5. The summed E-state index contributed by atoms with van der Waals surface area (Å²) in [6.07, 6.45) is 0.305. The third kappa shape index (κ3) is 3.89. The monoisotopic (exact) mass is 232 g/mol. The minimum Gasteiger partial charge on any atom is -0.395 e. The van der Waals surface area contributed by atoms with Crippen molar-refractivity contribution in [2.24, 2.45) is 0 Å². The van der Waals surface area contributed by atoms with Gasteiger partial charge < -0.3 is 10.0 Å². The van der Waals surface area contributed by atoms with Crippen LogP contribution in [0.3, 0.4) is 0 Å². The van der Waals surface area contributed by atoms with Crippen LogP contribution in [-0.2, 0) is 11.2 Å². The molecule has 17 heavy (non-hydrogen) atoms. The van der Waals surface area contributed by atoms with Crippen molar-refractivity contribution in [2.75, 3.05) is 19.7 Å². The van der Waals surface area contributed by atoms with Crippen molar-refractivity contribution in [1.29, 1.82) is 5.26 Å². The second-order valence-corrected chi connectivity index (χ2v) is 3.68. The number of hydrogen-bond acceptors (Lipinski definition) is 3. The molecular formula is C13H16N2O2. The first-order valence-electron chi connectivity index (χ1n) is 5.59. The van der Waals surface area contributed by atoms with E-state index in [2.05, 4.69) is 0 Å². The van der Waals surface area contributed by atoms with E-state index in [9.17, 15) is 4.79 Å². The van der Waals surface area contributed by atoms with Gasteiger partial charge in [0.1, 0.15) is 0 Å². The molecule has 0 atom stereocenters. The highest BCUT2D eigenvalue weighted by atomic mass is 16.3. The Bertz CT molecular complexity index is 406. The molecule has 0 saturated heterocycles. The molecule has 0 aliphatic carbocycles. The molecule has 4 nitrogen and oxygen atoms in total. The van der Waals surface area contributed by atoms with Crippen molar-refractivity contribution >= 4 is 5.91 Å². The van der Waals surface area contributed by atoms with E-state index in [0.717, 1.165) is 5.56 Å². The van der Waals surface area contributed by atoms with Gasteiger partial charge in [-0.1, -0.05) is 12.1 Å². The number of amides is 1. The number of carbonyl (C=O) groups excluding carboxylic acids is 1. The maximum absolute atomic E-state index is 11.8. The average molecular weight is 232 g/mol. The molecule has 1 rings (SSSR count). The second kappa shape index (κ2) is 6.66. The number of aliphatic hydroxyl groups is 1. The normalized spacial score (nSPS) is 9.71. The number of carbonyl (C=O) groups is 1. The average Bonchev–Trinajstić information content (AvgIpc) is 2.36. The Morgan fingerprint density at radius 2 is 2.06 bits per heavy atom. The highest BCUT2D eigenvalue weighted by molar-refractivity contribution is 5.78. The van der Waals surface area contributed by atoms with Crippen LogP contribution in [0.1, 0.15) is 18.1 Å². The van der Waals surface area contributed by atoms with Crippen molar-refractivity contribution < 1.29 is 9.90 Å². The van der Waals surface area contributed by atoms with Crippen LogP contribution in [-0.4, -0.2) is 35.6 Å². The number of nitriles is 1. The molecule has 0 saturated carbocycles. The van der Waals surface area contributed by atoms with Crippen molar-refractivity contribution in [1.82, 2.24) is 4.90 Å². The molecule has 0 aromatic heterocycles. The Morgan fingerprint density at radius 1 is 1.41 bits per heavy atom. The summed E-state index contributed by atoms with van der Waals surface area (Å²) in [5.41, 5.74) is 1.47. The quantitative estimate of drug-likeness (QED) is 0.821. The molecule has 1 aromatic rings. The van der Waals surface area contributed by atoms with Crippen molar-refractivity contribution in [2.45, 2.75) is 13.3 Å². The van der Waals surface area contributed by atoms with Crippen LogP contribution in [0, 0.1) is 11.3 Å². The maximum Gasteiger partial charge on any atom is 0.227 e. The summed E-state index contributed by atoms with van der Waals surface area (Å²) in [5, 5.41) is 17.5. The van der Waals surface area contributed by atoms with Crippen LogP contribution in [0.5, 0.6) is 0 Å². The van der Waals surface area contributed by atoms with Gasteiger partial charge in [-0.15, -0.1) is 0 Å². The third-order valence-electron chi connectivity index (χ3n) is 2.54. The van der Waals surface area contributed by atoms with Gasteiger partial charge in [-0.25, -0.2) is 0 Å². The highest BCUT2D eigenvalue weighted by Crippen LogP contribution is 2.06. The van der Waals surface area contributed by atoms with E-state index in [-0.39, 0.29) is 12.5 Å². The summed E-state index contributed by atoms with van der Waals surface area (Å²) in [4.78, 5) is 13.4. The first-order chi connectivity index (χ1) is 8.21. The van der Waals surface area contributed by atoms with Gasteiger partial charge >= 0.3 is 0 Å². The Kier molecular flexibility index (Phi) is 5.18. The molecule has 0 aliphatic heterocycles. The Labute approximate surface area is 101 Å². The van der Waals surface area contributed by atoms with Crippen molar-refractivity contribution in [3.63, 3.8) is 0 Å². The van der Waals surface area contributed by atoms with E-state index in [1.54, 1.807) is 29.2 Å². The van der Waals surface area contributed by atoms with Gasteiger partial charge in [0, 0.05) is 13.1 Å². The molecule has 0 fully saturated rings. The van der Waals surface area contributed by atoms with Gasteiger partial charge in [-0.3, -0.25) is 4.79 Å². The molecule has 0 spiro atoms. The van der Waals surface area contributed by atoms with E-state index >= 15 is 0 Å². The zero-order valence-corrected chi connectivity index (χ0v) is 9.89. The van der Waals surface area contributed by atoms with Gasteiger partial charge in [-0.2, -0.15) is 5.26 Å². The lowest BCUT2D eigenvalue weighted by atomic mass is 10.1. The third-order valence-corrected chi connectivity index (χ3v) is 2.54. The first kappa shape index (κ1) is 13.2. The molecule has 0 unspecified atom stereocenters. The van der Waals surface area contributed by atoms with E-state index < -0.39 is 0 Å². The molecule has 0 aliphatic rings. The van der Waals surface area contributed by atoms with Gasteiger partial charge in [0.15, 0.2) is 0 Å². The molecule has 0 bridgehead atoms. The Morgan fingerprint density at radius 3 is 2.53 bits per heavy atom. The molecule has 1 N–H and O–H groups in total. The number of hydrogen-bond donors (Lipinski definition) is 1. The Hall–Kier alpha value is -1.86. The minimum atomic E-state index is -0.0209. The predicted molar refractivity (Wildman–Crippen MR) is 64.2 cm³/mol. The standard InChI is InChI=1S/C13H16N2O2/c1-2-15(7-8-16)13(17)9-11-3-5-12(10-14)6-4-11/h3-6,16H,2,7-9H2,1H3. The molecular weight excluding hydrogens is 216 g/mol. The number of aliphatic hydroxyl groups excluding tert-OH is 1. The van der Waals surface area contributed by atoms with Gasteiger partial charge in [0.2, 0.25) is 5.91 Å². The number of benzene rings is 1. The van der Waals surface area contributed by atoms with Crippen LogP contribution in [0.2, 0.25) is 0 Å².